The van der Waals surface area contributed by atoms with Crippen LogP contribution < -0.4 is 0 Å². The van der Waals surface area contributed by atoms with Gasteiger partial charge in [0, 0.05) is 0 Å². The summed E-state index contributed by atoms with van der Waals surface area (Å²) in [5.74, 6) is -4.36. The summed E-state index contributed by atoms with van der Waals surface area (Å²) >= 11 is 0. The van der Waals surface area contributed by atoms with Crippen LogP contribution in [0.5, 0.6) is 0 Å². The van der Waals surface area contributed by atoms with Gasteiger partial charge in [0.2, 0.25) is 0 Å². The van der Waals surface area contributed by atoms with Gasteiger partial charge >= 0.3 is 17.9 Å². The second-order valence-corrected chi connectivity index (χ2v) is 7.71. The fourth-order valence-corrected chi connectivity index (χ4v) is 3.22. The molecular formula is C22H40O7. The van der Waals surface area contributed by atoms with E-state index in [1.165, 1.54) is 0 Å². The van der Waals surface area contributed by atoms with E-state index < -0.39 is 35.8 Å². The fraction of sp³-hybridized carbons (Fsp3) is 0.864. The first kappa shape index (κ1) is 27.4. The van der Waals surface area contributed by atoms with Crippen molar-refractivity contribution in [3.05, 3.63) is 0 Å². The molecule has 0 aromatic carbocycles. The number of unbranched alkanes of at least 4 members (excludes halogenated alkanes) is 3. The Morgan fingerprint density at radius 2 is 1.45 bits per heavy atom. The summed E-state index contributed by atoms with van der Waals surface area (Å²) in [6, 6.07) is 0. The highest BCUT2D eigenvalue weighted by Crippen LogP contribution is 2.33. The van der Waals surface area contributed by atoms with Gasteiger partial charge in [-0.3, -0.25) is 9.59 Å². The molecule has 0 aliphatic heterocycles. The van der Waals surface area contributed by atoms with E-state index >= 15 is 0 Å². The first-order valence-electron chi connectivity index (χ1n) is 11.0. The number of carboxylic acid groups (broad SMARTS) is 1. The number of aliphatic carboxylic acids is 1. The van der Waals surface area contributed by atoms with Crippen molar-refractivity contribution >= 4 is 17.9 Å². The van der Waals surface area contributed by atoms with Gasteiger partial charge in [0.25, 0.3) is 0 Å². The molecule has 0 aromatic rings. The van der Waals surface area contributed by atoms with E-state index in [0.29, 0.717) is 12.8 Å². The van der Waals surface area contributed by atoms with Crippen LogP contribution >= 0.6 is 0 Å². The van der Waals surface area contributed by atoms with Crippen LogP contribution in [-0.4, -0.2) is 46.9 Å². The van der Waals surface area contributed by atoms with Gasteiger partial charge in [0.05, 0.1) is 25.6 Å². The topological polar surface area (TPSA) is 110 Å². The molecule has 7 heteroatoms. The summed E-state index contributed by atoms with van der Waals surface area (Å²) in [5, 5.41) is 20.5. The van der Waals surface area contributed by atoms with E-state index in [-0.39, 0.29) is 25.6 Å². The van der Waals surface area contributed by atoms with Crippen molar-refractivity contribution in [3.8, 4) is 0 Å². The maximum atomic E-state index is 12.8. The number of aliphatic hydroxyl groups is 1. The maximum absolute atomic E-state index is 12.8. The van der Waals surface area contributed by atoms with Gasteiger partial charge in [-0.15, -0.1) is 0 Å². The summed E-state index contributed by atoms with van der Waals surface area (Å²) in [7, 11) is 0. The van der Waals surface area contributed by atoms with E-state index in [9.17, 15) is 24.6 Å². The van der Waals surface area contributed by atoms with Crippen LogP contribution in [0.25, 0.3) is 0 Å². The quantitative estimate of drug-likeness (QED) is 0.271. The third-order valence-electron chi connectivity index (χ3n) is 5.22. The molecule has 0 bridgehead atoms. The van der Waals surface area contributed by atoms with Gasteiger partial charge in [-0.25, -0.2) is 4.79 Å². The Morgan fingerprint density at radius 1 is 0.897 bits per heavy atom. The molecule has 0 amide bonds. The molecule has 0 spiro atoms. The standard InChI is InChI=1S/C22H40O7/c1-5-9-12-17(8-4)15-18(20(25)28-13-10-6-2)22(27,16-19(23)24)21(26)29-14-11-7-3/h17-18,27H,5-16H2,1-4H3,(H,23,24). The summed E-state index contributed by atoms with van der Waals surface area (Å²) in [4.78, 5) is 37.0. The Labute approximate surface area is 175 Å². The predicted molar refractivity (Wildman–Crippen MR) is 110 cm³/mol. The molecule has 0 aromatic heterocycles. The van der Waals surface area contributed by atoms with Crippen molar-refractivity contribution in [1.29, 1.82) is 0 Å². The lowest BCUT2D eigenvalue weighted by molar-refractivity contribution is -0.187. The summed E-state index contributed by atoms with van der Waals surface area (Å²) in [6.45, 7) is 8.16. The molecule has 0 aliphatic rings. The molecule has 0 saturated carbocycles. The minimum atomic E-state index is -2.44. The fourth-order valence-electron chi connectivity index (χ4n) is 3.22. The van der Waals surface area contributed by atoms with E-state index in [2.05, 4.69) is 6.92 Å². The number of esters is 2. The number of hydrogen-bond donors (Lipinski definition) is 2. The van der Waals surface area contributed by atoms with Crippen LogP contribution in [0.15, 0.2) is 0 Å². The molecule has 7 nitrogen and oxygen atoms in total. The molecule has 0 radical (unpaired) electrons. The third kappa shape index (κ3) is 10.1. The number of carboxylic acids is 1. The monoisotopic (exact) mass is 416 g/mol. The number of ether oxygens (including phenoxy) is 2. The van der Waals surface area contributed by atoms with Crippen LogP contribution in [-0.2, 0) is 23.9 Å². The maximum Gasteiger partial charge on any atom is 0.339 e. The molecule has 0 saturated heterocycles. The normalized spacial score (nSPS) is 15.2. The second-order valence-electron chi connectivity index (χ2n) is 7.71. The highest BCUT2D eigenvalue weighted by atomic mass is 16.6. The van der Waals surface area contributed by atoms with Gasteiger partial charge in [-0.05, 0) is 25.2 Å². The van der Waals surface area contributed by atoms with Gasteiger partial charge in [0.1, 0.15) is 0 Å². The number of rotatable bonds is 17. The van der Waals surface area contributed by atoms with E-state index in [1.54, 1.807) is 0 Å². The lowest BCUT2D eigenvalue weighted by Gasteiger charge is -2.33. The van der Waals surface area contributed by atoms with Crippen molar-refractivity contribution in [3.63, 3.8) is 0 Å². The molecule has 0 rings (SSSR count). The Balaban J connectivity index is 5.73. The summed E-state index contributed by atoms with van der Waals surface area (Å²) in [6.07, 6.45) is 5.68. The zero-order valence-corrected chi connectivity index (χ0v) is 18.6. The highest BCUT2D eigenvalue weighted by molar-refractivity contribution is 5.91. The van der Waals surface area contributed by atoms with Crippen LogP contribution in [0, 0.1) is 11.8 Å². The van der Waals surface area contributed by atoms with Crippen LogP contribution in [0.4, 0.5) is 0 Å². The molecule has 0 fully saturated rings. The van der Waals surface area contributed by atoms with Crippen LogP contribution in [0.1, 0.15) is 91.9 Å². The van der Waals surface area contributed by atoms with Gasteiger partial charge in [0.15, 0.2) is 5.60 Å². The van der Waals surface area contributed by atoms with Crippen molar-refractivity contribution in [2.45, 2.75) is 97.5 Å². The zero-order chi connectivity index (χ0) is 22.3. The van der Waals surface area contributed by atoms with E-state index in [4.69, 9.17) is 9.47 Å². The zero-order valence-electron chi connectivity index (χ0n) is 18.6. The molecule has 3 unspecified atom stereocenters. The minimum absolute atomic E-state index is 0.0713. The molecule has 2 N–H and O–H groups in total. The molecular weight excluding hydrogens is 376 g/mol. The summed E-state index contributed by atoms with van der Waals surface area (Å²) < 4.78 is 10.4. The molecule has 29 heavy (non-hydrogen) atoms. The molecule has 170 valence electrons. The summed E-state index contributed by atoms with van der Waals surface area (Å²) in [5.41, 5.74) is -2.44. The first-order chi connectivity index (χ1) is 13.8. The average molecular weight is 417 g/mol. The molecule has 0 aliphatic carbocycles. The average Bonchev–Trinajstić information content (AvgIpc) is 2.67. The number of hydrogen-bond acceptors (Lipinski definition) is 6. The minimum Gasteiger partial charge on any atom is -0.481 e. The van der Waals surface area contributed by atoms with Crippen LogP contribution in [0.3, 0.4) is 0 Å². The largest absolute Gasteiger partial charge is 0.481 e. The number of carbonyl (C=O) groups excluding carboxylic acids is 2. The molecule has 0 heterocycles. The van der Waals surface area contributed by atoms with Crippen molar-refractivity contribution in [1.82, 2.24) is 0 Å². The predicted octanol–water partition coefficient (Wildman–Crippen LogP) is 4.10. The van der Waals surface area contributed by atoms with Crippen molar-refractivity contribution in [2.24, 2.45) is 11.8 Å². The van der Waals surface area contributed by atoms with Crippen molar-refractivity contribution < 1.29 is 34.1 Å². The second kappa shape index (κ2) is 15.2. The van der Waals surface area contributed by atoms with Gasteiger partial charge < -0.3 is 19.7 Å². The van der Waals surface area contributed by atoms with Gasteiger partial charge in [-0.1, -0.05) is 66.2 Å². The Hall–Kier alpha value is -1.63. The van der Waals surface area contributed by atoms with E-state index in [0.717, 1.165) is 38.5 Å². The Kier molecular flexibility index (Phi) is 14.4. The lowest BCUT2D eigenvalue weighted by Crippen LogP contribution is -2.52. The van der Waals surface area contributed by atoms with E-state index in [1.807, 2.05) is 20.8 Å². The van der Waals surface area contributed by atoms with Crippen LogP contribution in [0.2, 0.25) is 0 Å². The highest BCUT2D eigenvalue weighted by Gasteiger charge is 2.52. The lowest BCUT2D eigenvalue weighted by atomic mass is 9.77. The Morgan fingerprint density at radius 3 is 1.93 bits per heavy atom. The van der Waals surface area contributed by atoms with Gasteiger partial charge in [-0.2, -0.15) is 0 Å². The van der Waals surface area contributed by atoms with Crippen molar-refractivity contribution in [2.75, 3.05) is 13.2 Å². The number of carbonyl (C=O) groups is 3. The SMILES string of the molecule is CCCCOC(=O)C(CC(CC)CCCC)C(O)(CC(=O)O)C(=O)OCCCC. The first-order valence-corrected chi connectivity index (χ1v) is 11.0. The Bertz CT molecular complexity index is 492. The third-order valence-corrected chi connectivity index (χ3v) is 5.22. The molecule has 3 atom stereocenters. The smallest absolute Gasteiger partial charge is 0.339 e.